The fraction of sp³-hybridized carbons (Fsp3) is 0.304. The highest BCUT2D eigenvalue weighted by molar-refractivity contribution is 6.46. The van der Waals surface area contributed by atoms with Crippen LogP contribution >= 0.6 is 0 Å². The average molecular weight is 420 g/mol. The predicted octanol–water partition coefficient (Wildman–Crippen LogP) is 0.994. The molecule has 0 bridgehead atoms. The summed E-state index contributed by atoms with van der Waals surface area (Å²) in [6, 6.07) is 8.39. The van der Waals surface area contributed by atoms with Gasteiger partial charge in [0, 0.05) is 31.6 Å². The molecule has 1 amide bonds. The molecule has 31 heavy (non-hydrogen) atoms. The highest BCUT2D eigenvalue weighted by atomic mass is 16.3. The number of imidazole rings is 1. The Morgan fingerprint density at radius 1 is 1.19 bits per heavy atom. The maximum absolute atomic E-state index is 13.1. The van der Waals surface area contributed by atoms with E-state index in [-0.39, 0.29) is 11.3 Å². The van der Waals surface area contributed by atoms with E-state index in [1.807, 2.05) is 38.4 Å². The molecule has 1 fully saturated rings. The number of aliphatic hydroxyl groups is 1. The van der Waals surface area contributed by atoms with E-state index < -0.39 is 17.7 Å². The second kappa shape index (κ2) is 8.31. The number of amides is 1. The molecule has 1 atom stereocenters. The van der Waals surface area contributed by atoms with Gasteiger partial charge in [-0.3, -0.25) is 19.0 Å². The number of carbonyl (C=O) groups is 2. The van der Waals surface area contributed by atoms with Crippen molar-refractivity contribution in [3.8, 4) is 0 Å². The Kier molecular flexibility index (Phi) is 5.56. The van der Waals surface area contributed by atoms with Gasteiger partial charge < -0.3 is 14.9 Å². The zero-order valence-corrected chi connectivity index (χ0v) is 17.9. The molecule has 8 nitrogen and oxygen atoms in total. The molecule has 160 valence electrons. The summed E-state index contributed by atoms with van der Waals surface area (Å²) in [6.45, 7) is 3.05. The number of aromatic nitrogens is 3. The van der Waals surface area contributed by atoms with Crippen LogP contribution in [0.4, 0.5) is 0 Å². The topological polar surface area (TPSA) is 92.2 Å². The molecule has 3 aromatic rings. The van der Waals surface area contributed by atoms with Crippen molar-refractivity contribution >= 4 is 23.1 Å². The first-order chi connectivity index (χ1) is 14.9. The van der Waals surface area contributed by atoms with Crippen molar-refractivity contribution in [2.75, 3.05) is 27.2 Å². The Labute approximate surface area is 180 Å². The number of carbonyl (C=O) groups excluding carboxylic acids is 2. The van der Waals surface area contributed by atoms with Gasteiger partial charge in [-0.05, 0) is 30.7 Å². The zero-order chi connectivity index (χ0) is 22.1. The van der Waals surface area contributed by atoms with Crippen LogP contribution in [-0.2, 0) is 9.59 Å². The molecule has 0 unspecified atom stereocenters. The normalized spacial score (nSPS) is 18.5. The number of hydrogen-bond donors (Lipinski definition) is 2. The number of quaternary nitrogens is 1. The number of aryl methyl sites for hydroxylation is 1. The second-order valence-electron chi connectivity index (χ2n) is 8.06. The van der Waals surface area contributed by atoms with Gasteiger partial charge >= 0.3 is 0 Å². The molecule has 8 heteroatoms. The predicted molar refractivity (Wildman–Crippen MR) is 115 cm³/mol. The Bertz CT molecular complexity index is 1170. The molecule has 0 spiro atoms. The standard InChI is InChI=1S/C23H25N5O3/c1-15-19(27-12-5-4-9-17(27)25-15)21(29)18-20(16-8-6-10-24-14-16)28(23(31)22(18)30)13-7-11-26(2)3/h4-6,8-10,12,14,20,29H,7,11,13H2,1-3H3/p+1/b21-18+/t20-/m0/s1. The molecular formula is C23H26N5O3+. The fourth-order valence-electron chi connectivity index (χ4n) is 4.12. The van der Waals surface area contributed by atoms with E-state index in [0.29, 0.717) is 29.1 Å². The van der Waals surface area contributed by atoms with Gasteiger partial charge in [0.15, 0.2) is 5.76 Å². The third-order valence-corrected chi connectivity index (χ3v) is 5.54. The molecule has 4 rings (SSSR count). The summed E-state index contributed by atoms with van der Waals surface area (Å²) in [4.78, 5) is 37.6. The molecule has 4 heterocycles. The Morgan fingerprint density at radius 3 is 2.71 bits per heavy atom. The largest absolute Gasteiger partial charge is 0.505 e. The number of ketones is 1. The Balaban J connectivity index is 1.86. The summed E-state index contributed by atoms with van der Waals surface area (Å²) in [6.07, 6.45) is 5.79. The van der Waals surface area contributed by atoms with Crippen LogP contribution in [0.15, 0.2) is 54.5 Å². The number of hydrogen-bond acceptors (Lipinski definition) is 5. The number of rotatable bonds is 6. The summed E-state index contributed by atoms with van der Waals surface area (Å²) in [5, 5.41) is 11.3. The molecule has 0 aliphatic carbocycles. The van der Waals surface area contributed by atoms with Crippen molar-refractivity contribution in [3.05, 3.63) is 71.4 Å². The van der Waals surface area contributed by atoms with E-state index in [9.17, 15) is 14.7 Å². The van der Waals surface area contributed by atoms with Gasteiger partial charge in [0.25, 0.3) is 11.7 Å². The van der Waals surface area contributed by atoms with Crippen molar-refractivity contribution in [2.45, 2.75) is 19.4 Å². The second-order valence-corrected chi connectivity index (χ2v) is 8.06. The lowest BCUT2D eigenvalue weighted by Crippen LogP contribution is -3.05. The fourth-order valence-corrected chi connectivity index (χ4v) is 4.12. The number of nitrogens with zero attached hydrogens (tertiary/aromatic N) is 4. The summed E-state index contributed by atoms with van der Waals surface area (Å²) in [7, 11) is 4.08. The van der Waals surface area contributed by atoms with Crippen molar-refractivity contribution in [1.29, 1.82) is 0 Å². The van der Waals surface area contributed by atoms with Crippen molar-refractivity contribution < 1.29 is 19.6 Å². The monoisotopic (exact) mass is 420 g/mol. The average Bonchev–Trinajstić information content (AvgIpc) is 3.22. The van der Waals surface area contributed by atoms with Crippen LogP contribution in [0.3, 0.4) is 0 Å². The molecule has 0 radical (unpaired) electrons. The zero-order valence-electron chi connectivity index (χ0n) is 17.9. The third-order valence-electron chi connectivity index (χ3n) is 5.54. The number of fused-ring (bicyclic) bond motifs is 1. The smallest absolute Gasteiger partial charge is 0.295 e. The number of aliphatic hydroxyl groups excluding tert-OH is 1. The van der Waals surface area contributed by atoms with Crippen molar-refractivity contribution in [1.82, 2.24) is 19.3 Å². The van der Waals surface area contributed by atoms with Gasteiger partial charge in [0.1, 0.15) is 11.3 Å². The summed E-state index contributed by atoms with van der Waals surface area (Å²) in [5.41, 5.74) is 2.41. The lowest BCUT2D eigenvalue weighted by Gasteiger charge is -2.25. The van der Waals surface area contributed by atoms with Gasteiger partial charge in [0.05, 0.1) is 37.9 Å². The van der Waals surface area contributed by atoms with E-state index in [4.69, 9.17) is 0 Å². The molecule has 0 saturated carbocycles. The molecule has 1 saturated heterocycles. The minimum atomic E-state index is -0.695. The first kappa shape index (κ1) is 20.7. The highest BCUT2D eigenvalue weighted by Gasteiger charge is 2.46. The van der Waals surface area contributed by atoms with Crippen LogP contribution in [0, 0.1) is 6.92 Å². The van der Waals surface area contributed by atoms with Crippen LogP contribution in [0.2, 0.25) is 0 Å². The molecule has 1 aliphatic heterocycles. The summed E-state index contributed by atoms with van der Waals surface area (Å²) in [5.74, 6) is -1.51. The van der Waals surface area contributed by atoms with Crippen molar-refractivity contribution in [3.63, 3.8) is 0 Å². The van der Waals surface area contributed by atoms with Crippen LogP contribution in [-0.4, -0.2) is 63.3 Å². The quantitative estimate of drug-likeness (QED) is 0.353. The van der Waals surface area contributed by atoms with Crippen LogP contribution in [0.25, 0.3) is 11.4 Å². The van der Waals surface area contributed by atoms with Gasteiger partial charge in [-0.1, -0.05) is 12.1 Å². The number of Topliss-reactive ketones (excluding diaryl/α,β-unsaturated/α-hetero) is 1. The lowest BCUT2D eigenvalue weighted by molar-refractivity contribution is -0.858. The van der Waals surface area contributed by atoms with Gasteiger partial charge in [-0.15, -0.1) is 0 Å². The lowest BCUT2D eigenvalue weighted by atomic mass is 9.97. The number of pyridine rings is 2. The van der Waals surface area contributed by atoms with Gasteiger partial charge in [0.2, 0.25) is 0 Å². The third kappa shape index (κ3) is 3.70. The molecule has 1 aliphatic rings. The maximum Gasteiger partial charge on any atom is 0.295 e. The summed E-state index contributed by atoms with van der Waals surface area (Å²) >= 11 is 0. The Morgan fingerprint density at radius 2 is 2.00 bits per heavy atom. The first-order valence-electron chi connectivity index (χ1n) is 10.3. The minimum Gasteiger partial charge on any atom is -0.505 e. The van der Waals surface area contributed by atoms with Crippen LogP contribution in [0.5, 0.6) is 0 Å². The van der Waals surface area contributed by atoms with Crippen LogP contribution < -0.4 is 4.90 Å². The van der Waals surface area contributed by atoms with Crippen molar-refractivity contribution in [2.24, 2.45) is 0 Å². The van der Waals surface area contributed by atoms with E-state index in [2.05, 4.69) is 9.97 Å². The molecule has 0 aromatic carbocycles. The van der Waals surface area contributed by atoms with Gasteiger partial charge in [-0.2, -0.15) is 0 Å². The van der Waals surface area contributed by atoms with Crippen LogP contribution in [0.1, 0.15) is 29.4 Å². The molecule has 3 aromatic heterocycles. The maximum atomic E-state index is 13.1. The first-order valence-corrected chi connectivity index (χ1v) is 10.3. The Hall–Kier alpha value is -3.52. The molecule has 2 N–H and O–H groups in total. The van der Waals surface area contributed by atoms with E-state index in [1.165, 1.54) is 4.90 Å². The van der Waals surface area contributed by atoms with E-state index in [0.717, 1.165) is 13.0 Å². The van der Waals surface area contributed by atoms with E-state index in [1.54, 1.807) is 40.9 Å². The van der Waals surface area contributed by atoms with E-state index >= 15 is 0 Å². The SMILES string of the molecule is Cc1nc2ccccn2c1/C(O)=C1\C(=O)C(=O)N(CCC[NH+](C)C)[C@H]1c1cccnc1. The minimum absolute atomic E-state index is 0.0731. The summed E-state index contributed by atoms with van der Waals surface area (Å²) < 4.78 is 1.73. The highest BCUT2D eigenvalue weighted by Crippen LogP contribution is 2.39. The number of nitrogens with one attached hydrogen (secondary N) is 1. The number of likely N-dealkylation sites (tertiary alicyclic amines) is 1. The van der Waals surface area contributed by atoms with Gasteiger partial charge in [-0.25, -0.2) is 4.98 Å². The molecular weight excluding hydrogens is 394 g/mol.